The Bertz CT molecular complexity index is 633. The van der Waals surface area contributed by atoms with Crippen molar-refractivity contribution in [1.29, 1.82) is 0 Å². The smallest absolute Gasteiger partial charge is 0.270 e. The van der Waals surface area contributed by atoms with E-state index in [1.165, 1.54) is 0 Å². The number of hydrogen-bond donors (Lipinski definition) is 2. The van der Waals surface area contributed by atoms with Crippen LogP contribution in [0.1, 0.15) is 10.5 Å². The van der Waals surface area contributed by atoms with E-state index in [0.29, 0.717) is 29.5 Å². The molecule has 3 rings (SSSR count). The van der Waals surface area contributed by atoms with Crippen molar-refractivity contribution < 1.29 is 4.79 Å². The molecule has 110 valence electrons. The monoisotopic (exact) mass is 304 g/mol. The van der Waals surface area contributed by atoms with Crippen molar-refractivity contribution in [3.8, 4) is 0 Å². The average molecular weight is 305 g/mol. The van der Waals surface area contributed by atoms with Crippen LogP contribution in [0.4, 0.5) is 11.4 Å². The van der Waals surface area contributed by atoms with Gasteiger partial charge in [-0.1, -0.05) is 11.6 Å². The lowest BCUT2D eigenvalue weighted by atomic mass is 10.2. The highest BCUT2D eigenvalue weighted by Gasteiger charge is 2.23. The van der Waals surface area contributed by atoms with E-state index in [2.05, 4.69) is 9.88 Å². The molecule has 1 saturated heterocycles. The van der Waals surface area contributed by atoms with Crippen molar-refractivity contribution >= 4 is 28.9 Å². The molecule has 0 atom stereocenters. The first-order valence-electron chi connectivity index (χ1n) is 6.88. The van der Waals surface area contributed by atoms with Crippen LogP contribution in [0.5, 0.6) is 0 Å². The van der Waals surface area contributed by atoms with E-state index in [1.54, 1.807) is 18.3 Å². The quantitative estimate of drug-likeness (QED) is 0.836. The summed E-state index contributed by atoms with van der Waals surface area (Å²) >= 11 is 6.24. The Labute approximate surface area is 128 Å². The number of halogens is 1. The van der Waals surface area contributed by atoms with E-state index in [4.69, 9.17) is 17.3 Å². The number of nitrogens with zero attached hydrogens (tertiary/aromatic N) is 2. The zero-order valence-electron chi connectivity index (χ0n) is 11.6. The minimum atomic E-state index is 0.0445. The molecule has 1 aromatic heterocycles. The lowest BCUT2D eigenvalue weighted by Crippen LogP contribution is -2.49. The second-order valence-corrected chi connectivity index (χ2v) is 5.48. The molecule has 0 aliphatic carbocycles. The van der Waals surface area contributed by atoms with Gasteiger partial charge in [-0.3, -0.25) is 4.79 Å². The van der Waals surface area contributed by atoms with Gasteiger partial charge in [0.15, 0.2) is 0 Å². The summed E-state index contributed by atoms with van der Waals surface area (Å²) in [5.41, 5.74) is 7.97. The first kappa shape index (κ1) is 13.8. The number of nitrogens with two attached hydrogens (primary N) is 1. The summed E-state index contributed by atoms with van der Waals surface area (Å²) in [5.74, 6) is 0.0445. The highest BCUT2D eigenvalue weighted by atomic mass is 35.5. The number of anilines is 2. The fourth-order valence-corrected chi connectivity index (χ4v) is 2.87. The van der Waals surface area contributed by atoms with Crippen LogP contribution in [0, 0.1) is 0 Å². The summed E-state index contributed by atoms with van der Waals surface area (Å²) in [6.45, 7) is 2.88. The number of benzene rings is 1. The summed E-state index contributed by atoms with van der Waals surface area (Å²) in [5, 5.41) is 0.652. The fourth-order valence-electron chi connectivity index (χ4n) is 2.56. The molecule has 0 unspecified atom stereocenters. The van der Waals surface area contributed by atoms with Crippen molar-refractivity contribution in [2.75, 3.05) is 36.8 Å². The molecule has 0 spiro atoms. The van der Waals surface area contributed by atoms with E-state index in [9.17, 15) is 4.79 Å². The van der Waals surface area contributed by atoms with Crippen LogP contribution < -0.4 is 10.6 Å². The van der Waals surface area contributed by atoms with Gasteiger partial charge in [0.25, 0.3) is 5.91 Å². The highest BCUT2D eigenvalue weighted by Crippen LogP contribution is 2.28. The number of nitrogens with one attached hydrogen (secondary N) is 1. The van der Waals surface area contributed by atoms with Crippen molar-refractivity contribution in [2.24, 2.45) is 0 Å². The number of aromatic nitrogens is 1. The number of carbonyl (C=O) groups is 1. The normalized spacial score (nSPS) is 15.3. The first-order valence-corrected chi connectivity index (χ1v) is 7.25. The number of amides is 1. The molecule has 1 amide bonds. The van der Waals surface area contributed by atoms with Gasteiger partial charge in [-0.05, 0) is 30.3 Å². The minimum Gasteiger partial charge on any atom is -0.399 e. The molecule has 1 aliphatic rings. The van der Waals surface area contributed by atoms with Crippen LogP contribution >= 0.6 is 11.6 Å². The molecule has 3 N–H and O–H groups in total. The minimum absolute atomic E-state index is 0.0445. The topological polar surface area (TPSA) is 65.4 Å². The predicted octanol–water partition coefficient (Wildman–Crippen LogP) is 2.21. The zero-order chi connectivity index (χ0) is 14.8. The van der Waals surface area contributed by atoms with E-state index in [0.717, 1.165) is 18.8 Å². The number of piperazine rings is 1. The van der Waals surface area contributed by atoms with E-state index in [1.807, 2.05) is 23.1 Å². The van der Waals surface area contributed by atoms with Gasteiger partial charge in [-0.2, -0.15) is 0 Å². The molecule has 0 radical (unpaired) electrons. The van der Waals surface area contributed by atoms with Gasteiger partial charge in [0, 0.05) is 38.1 Å². The SMILES string of the molecule is Nc1ccc(N2CCN(C(=O)c3ccc[nH]3)CC2)c(Cl)c1. The van der Waals surface area contributed by atoms with Crippen LogP contribution in [0.25, 0.3) is 0 Å². The van der Waals surface area contributed by atoms with Gasteiger partial charge in [-0.15, -0.1) is 0 Å². The second kappa shape index (κ2) is 5.69. The molecule has 1 aliphatic heterocycles. The second-order valence-electron chi connectivity index (χ2n) is 5.07. The Morgan fingerprint density at radius 2 is 1.95 bits per heavy atom. The molecule has 6 heteroatoms. The average Bonchev–Trinajstić information content (AvgIpc) is 3.01. The largest absolute Gasteiger partial charge is 0.399 e. The molecule has 5 nitrogen and oxygen atoms in total. The number of aromatic amines is 1. The molecule has 21 heavy (non-hydrogen) atoms. The Kier molecular flexibility index (Phi) is 3.75. The van der Waals surface area contributed by atoms with Crippen molar-refractivity contribution in [3.05, 3.63) is 47.2 Å². The summed E-state index contributed by atoms with van der Waals surface area (Å²) in [6.07, 6.45) is 1.76. The van der Waals surface area contributed by atoms with Crippen LogP contribution in [0.3, 0.4) is 0 Å². The summed E-state index contributed by atoms with van der Waals surface area (Å²) in [6, 6.07) is 9.16. The van der Waals surface area contributed by atoms with Gasteiger partial charge in [0.1, 0.15) is 5.69 Å². The van der Waals surface area contributed by atoms with Gasteiger partial charge in [-0.25, -0.2) is 0 Å². The van der Waals surface area contributed by atoms with E-state index >= 15 is 0 Å². The van der Waals surface area contributed by atoms with E-state index in [-0.39, 0.29) is 5.91 Å². The standard InChI is InChI=1S/C15H17ClN4O/c16-12-10-11(17)3-4-14(12)19-6-8-20(9-7-19)15(21)13-2-1-5-18-13/h1-5,10,18H,6-9,17H2. The third kappa shape index (κ3) is 2.83. The lowest BCUT2D eigenvalue weighted by Gasteiger charge is -2.36. The maximum atomic E-state index is 12.2. The Hall–Kier alpha value is -2.14. The van der Waals surface area contributed by atoms with Gasteiger partial charge in [0.05, 0.1) is 10.7 Å². The van der Waals surface area contributed by atoms with E-state index < -0.39 is 0 Å². The van der Waals surface area contributed by atoms with Crippen LogP contribution in [0.2, 0.25) is 5.02 Å². The maximum absolute atomic E-state index is 12.2. The number of rotatable bonds is 2. The molecule has 2 aromatic rings. The fraction of sp³-hybridized carbons (Fsp3) is 0.267. The van der Waals surface area contributed by atoms with Crippen LogP contribution in [0.15, 0.2) is 36.5 Å². The summed E-state index contributed by atoms with van der Waals surface area (Å²) in [7, 11) is 0. The Morgan fingerprint density at radius 3 is 2.57 bits per heavy atom. The number of hydrogen-bond acceptors (Lipinski definition) is 3. The number of nitrogen functional groups attached to an aromatic ring is 1. The third-order valence-electron chi connectivity index (χ3n) is 3.71. The zero-order valence-corrected chi connectivity index (χ0v) is 12.3. The molecule has 1 aromatic carbocycles. The summed E-state index contributed by atoms with van der Waals surface area (Å²) < 4.78 is 0. The molecule has 0 saturated carbocycles. The highest BCUT2D eigenvalue weighted by molar-refractivity contribution is 6.33. The molecular formula is C15H17ClN4O. The first-order chi connectivity index (χ1) is 10.1. The molecule has 1 fully saturated rings. The van der Waals surface area contributed by atoms with Gasteiger partial charge >= 0.3 is 0 Å². The molecular weight excluding hydrogens is 288 g/mol. The molecule has 0 bridgehead atoms. The Balaban J connectivity index is 1.66. The van der Waals surface area contributed by atoms with Crippen molar-refractivity contribution in [3.63, 3.8) is 0 Å². The molecule has 2 heterocycles. The number of H-pyrrole nitrogens is 1. The van der Waals surface area contributed by atoms with Crippen molar-refractivity contribution in [2.45, 2.75) is 0 Å². The lowest BCUT2D eigenvalue weighted by molar-refractivity contribution is 0.0741. The van der Waals surface area contributed by atoms with Crippen LogP contribution in [-0.4, -0.2) is 42.0 Å². The van der Waals surface area contributed by atoms with Crippen molar-refractivity contribution in [1.82, 2.24) is 9.88 Å². The number of carbonyl (C=O) groups excluding carboxylic acids is 1. The van der Waals surface area contributed by atoms with Gasteiger partial charge < -0.3 is 20.5 Å². The van der Waals surface area contributed by atoms with Gasteiger partial charge in [0.2, 0.25) is 0 Å². The summed E-state index contributed by atoms with van der Waals surface area (Å²) in [4.78, 5) is 19.2. The third-order valence-corrected chi connectivity index (χ3v) is 4.01. The Morgan fingerprint density at radius 1 is 1.19 bits per heavy atom. The van der Waals surface area contributed by atoms with Crippen LogP contribution in [-0.2, 0) is 0 Å². The predicted molar refractivity (Wildman–Crippen MR) is 84.8 cm³/mol. The maximum Gasteiger partial charge on any atom is 0.270 e.